The first-order valence-electron chi connectivity index (χ1n) is 20.4. The van der Waals surface area contributed by atoms with Gasteiger partial charge in [0.25, 0.3) is 20.2 Å². The van der Waals surface area contributed by atoms with E-state index in [1.54, 1.807) is 49.4 Å². The molecule has 19 nitrogen and oxygen atoms in total. The number of nitrogens with one attached hydrogen (secondary N) is 5. The molecule has 0 saturated heterocycles. The number of hydrogen-bond donors (Lipinski definition) is 7. The van der Waals surface area contributed by atoms with Crippen LogP contribution < -0.4 is 31.9 Å². The molecule has 4 aromatic carbocycles. The molecule has 8 rings (SSSR count). The molecule has 3 heterocycles. The van der Waals surface area contributed by atoms with Crippen molar-refractivity contribution in [2.75, 3.05) is 26.6 Å². The van der Waals surface area contributed by atoms with E-state index in [9.17, 15) is 35.5 Å². The predicted octanol–water partition coefficient (Wildman–Crippen LogP) is 9.63. The second-order valence-electron chi connectivity index (χ2n) is 15.8. The van der Waals surface area contributed by atoms with Crippen LogP contribution in [0.25, 0.3) is 33.4 Å². The topological polar surface area (TPSA) is 280 Å². The van der Waals surface area contributed by atoms with Gasteiger partial charge in [-0.15, -0.1) is 20.4 Å². The second-order valence-corrected chi connectivity index (χ2v) is 20.5. The summed E-state index contributed by atoms with van der Waals surface area (Å²) >= 11 is 2.20. The summed E-state index contributed by atoms with van der Waals surface area (Å²) in [6, 6.07) is 18.4. The van der Waals surface area contributed by atoms with E-state index in [1.807, 2.05) is 32.9 Å². The van der Waals surface area contributed by atoms with E-state index in [1.165, 1.54) is 51.2 Å². The molecule has 0 fully saturated rings. The third-order valence-corrected chi connectivity index (χ3v) is 14.4. The molecule has 2 aromatic heterocycles. The summed E-state index contributed by atoms with van der Waals surface area (Å²) in [7, 11) is -9.51. The molecule has 0 unspecified atom stereocenters. The average molecular weight is 995 g/mol. The van der Waals surface area contributed by atoms with Crippen molar-refractivity contribution in [2.24, 2.45) is 4.99 Å². The number of carbonyl (C=O) groups is 2. The first kappa shape index (κ1) is 47.3. The largest absolute Gasteiger partial charge is 0.456 e. The Morgan fingerprint density at radius 2 is 1.21 bits per heavy atom. The van der Waals surface area contributed by atoms with E-state index in [2.05, 4.69) is 47.0 Å². The van der Waals surface area contributed by atoms with Crippen LogP contribution in [0, 0.1) is 41.5 Å². The third kappa shape index (κ3) is 9.52. The van der Waals surface area contributed by atoms with Crippen LogP contribution in [0.5, 0.6) is 0 Å². The zero-order valence-electron chi connectivity index (χ0n) is 37.5. The highest BCUT2D eigenvalue weighted by Gasteiger charge is 2.27. The normalized spacial score (nSPS) is 12.1. The number of nitrogens with zero attached hydrogens (tertiary/aromatic N) is 5. The minimum absolute atomic E-state index is 0.163. The van der Waals surface area contributed by atoms with Gasteiger partial charge >= 0.3 is 0 Å². The lowest BCUT2D eigenvalue weighted by Crippen LogP contribution is -2.10. The fourth-order valence-electron chi connectivity index (χ4n) is 8.15. The highest BCUT2D eigenvalue weighted by atomic mass is 32.2. The first-order valence-corrected chi connectivity index (χ1v) is 25.0. The fraction of sp³-hybridized carbons (Fsp3) is 0.178. The van der Waals surface area contributed by atoms with Crippen LogP contribution in [0.4, 0.5) is 49.0 Å². The Morgan fingerprint density at radius 3 is 1.81 bits per heavy atom. The lowest BCUT2D eigenvalue weighted by molar-refractivity contribution is -0.115. The van der Waals surface area contributed by atoms with Crippen LogP contribution in [-0.2, 0) is 29.8 Å². The molecule has 2 amide bonds. The Kier molecular flexibility index (Phi) is 12.6. The Labute approximate surface area is 397 Å². The summed E-state index contributed by atoms with van der Waals surface area (Å²) in [5.74, 6) is -0.355. The summed E-state index contributed by atoms with van der Waals surface area (Å²) in [6.07, 6.45) is 0. The number of fused-ring (bicyclic) bond motifs is 2. The molecule has 0 atom stereocenters. The number of carbonyl (C=O) groups excluding carboxylic acids is 2. The molecule has 1 aliphatic heterocycles. The molecule has 0 radical (unpaired) electrons. The number of benzene rings is 5. The van der Waals surface area contributed by atoms with Gasteiger partial charge in [-0.25, -0.2) is 4.99 Å². The van der Waals surface area contributed by atoms with Crippen LogP contribution in [0.3, 0.4) is 0 Å². The van der Waals surface area contributed by atoms with Gasteiger partial charge < -0.3 is 31.0 Å². The van der Waals surface area contributed by atoms with Crippen molar-refractivity contribution in [3.05, 3.63) is 105 Å². The summed E-state index contributed by atoms with van der Waals surface area (Å²) in [6.45, 7) is 13.4. The highest BCUT2D eigenvalue weighted by Crippen LogP contribution is 2.45. The average Bonchev–Trinajstić information content (AvgIpc) is 3.90. The maximum Gasteiger partial charge on any atom is 0.295 e. The van der Waals surface area contributed by atoms with Gasteiger partial charge in [0.05, 0.1) is 11.0 Å². The highest BCUT2D eigenvalue weighted by molar-refractivity contribution is 7.86. The standard InChI is InChI=1S/C45H42N10O9S4/c1-20-17-21(2)38(50-44-54-52-42(65-44)46-26(7)56)22(3)37(20)48-28-13-15-30-33(18-28)64-34-19-29(14-16-31(34)36(30)32-11-9-10-12-35(32)67(58,59)60)49-39-23(4)40(25(6)41(24(39)5)68(61,62)63)51-45-55-53-43(66-45)47-27(8)57/h9-19,48H,1-8H3,(H,50,54)(H,51,55)(H,46,52,56)(H,47,53,57)(H,58,59,60)(H,61,62,63)/b49-29+. The van der Waals surface area contributed by atoms with Gasteiger partial charge in [-0.2, -0.15) is 16.8 Å². The van der Waals surface area contributed by atoms with Crippen molar-refractivity contribution in [3.63, 3.8) is 0 Å². The van der Waals surface area contributed by atoms with E-state index in [-0.39, 0.29) is 65.7 Å². The minimum atomic E-state index is -4.79. The molecule has 2 aliphatic rings. The molecule has 0 saturated carbocycles. The molecule has 23 heteroatoms. The lowest BCUT2D eigenvalue weighted by Gasteiger charge is -2.20. The van der Waals surface area contributed by atoms with Crippen molar-refractivity contribution < 1.29 is 39.9 Å². The maximum absolute atomic E-state index is 12.9. The number of aryl methyl sites for hydroxylation is 2. The van der Waals surface area contributed by atoms with E-state index in [4.69, 9.17) is 9.41 Å². The molecular weight excluding hydrogens is 953 g/mol. The molecule has 0 bridgehead atoms. The number of hydrogen-bond acceptors (Lipinski definition) is 17. The van der Waals surface area contributed by atoms with Crippen LogP contribution in [0.2, 0.25) is 0 Å². The number of amides is 2. The smallest absolute Gasteiger partial charge is 0.295 e. The second kappa shape index (κ2) is 18.2. The molecular formula is C45H42N10O9S4. The third-order valence-electron chi connectivity index (χ3n) is 10.9. The van der Waals surface area contributed by atoms with Gasteiger partial charge in [-0.3, -0.25) is 18.7 Å². The number of aromatic nitrogens is 4. The van der Waals surface area contributed by atoms with Crippen LogP contribution >= 0.6 is 22.7 Å². The molecule has 1 aliphatic carbocycles. The van der Waals surface area contributed by atoms with Gasteiger partial charge in [0.2, 0.25) is 32.3 Å². The van der Waals surface area contributed by atoms with Crippen molar-refractivity contribution in [1.29, 1.82) is 0 Å². The van der Waals surface area contributed by atoms with Crippen LogP contribution in [-0.4, -0.2) is 58.2 Å². The molecule has 350 valence electrons. The van der Waals surface area contributed by atoms with E-state index < -0.39 is 20.2 Å². The number of rotatable bonds is 12. The Balaban J connectivity index is 1.29. The summed E-state index contributed by atoms with van der Waals surface area (Å²) in [5.41, 5.74) is 7.71. The van der Waals surface area contributed by atoms with E-state index in [0.717, 1.165) is 39.4 Å². The number of anilines is 8. The molecule has 7 N–H and O–H groups in total. The van der Waals surface area contributed by atoms with Gasteiger partial charge in [0.1, 0.15) is 21.1 Å². The molecule has 0 spiro atoms. The van der Waals surface area contributed by atoms with Gasteiger partial charge in [0.15, 0.2) is 0 Å². The van der Waals surface area contributed by atoms with Crippen molar-refractivity contribution in [2.45, 2.75) is 65.2 Å². The Morgan fingerprint density at radius 1 is 0.618 bits per heavy atom. The fourth-order valence-corrected chi connectivity index (χ4v) is 11.2. The Hall–Kier alpha value is -7.15. The molecule has 68 heavy (non-hydrogen) atoms. The van der Waals surface area contributed by atoms with Crippen LogP contribution in [0.1, 0.15) is 47.2 Å². The van der Waals surface area contributed by atoms with Gasteiger partial charge in [0, 0.05) is 70.8 Å². The predicted molar refractivity (Wildman–Crippen MR) is 263 cm³/mol. The minimum Gasteiger partial charge on any atom is -0.456 e. The summed E-state index contributed by atoms with van der Waals surface area (Å²) in [4.78, 5) is 27.4. The lowest BCUT2D eigenvalue weighted by atomic mass is 9.93. The zero-order chi connectivity index (χ0) is 49.0. The Bertz CT molecular complexity index is 3660. The molecule has 6 aromatic rings. The van der Waals surface area contributed by atoms with Crippen molar-refractivity contribution in [3.8, 4) is 22.5 Å². The monoisotopic (exact) mass is 994 g/mol. The van der Waals surface area contributed by atoms with Crippen molar-refractivity contribution >= 4 is 115 Å². The van der Waals surface area contributed by atoms with E-state index in [0.29, 0.717) is 49.0 Å². The quantitative estimate of drug-likeness (QED) is 0.0443. The summed E-state index contributed by atoms with van der Waals surface area (Å²) < 4.78 is 79.1. The van der Waals surface area contributed by atoms with Gasteiger partial charge in [-0.1, -0.05) is 46.9 Å². The van der Waals surface area contributed by atoms with Crippen LogP contribution in [0.15, 0.2) is 85.9 Å². The van der Waals surface area contributed by atoms with E-state index >= 15 is 0 Å². The first-order chi connectivity index (χ1) is 32.1. The van der Waals surface area contributed by atoms with Crippen molar-refractivity contribution in [1.82, 2.24) is 20.4 Å². The van der Waals surface area contributed by atoms with Gasteiger partial charge in [-0.05, 0) is 105 Å². The SMILES string of the molecule is CC(=O)Nc1nnc(Nc2c(C)cc(C)c(Nc3ccc4c(-c5ccccc5S(=O)(=O)O)c5cc/c(=N\c6c(C)c(Nc7nnc(NC(C)=O)s7)c(C)c(S(=O)(=O)O)c6C)cc-5oc4c3)c2C)s1. The zero-order valence-corrected chi connectivity index (χ0v) is 40.7. The maximum atomic E-state index is 12.9. The summed E-state index contributed by atoms with van der Waals surface area (Å²) in [5, 5.41) is 33.5.